The van der Waals surface area contributed by atoms with E-state index >= 15 is 0 Å². The molecule has 0 fully saturated rings. The van der Waals surface area contributed by atoms with E-state index in [9.17, 15) is 0 Å². The molecular weight excluding hydrogens is 146 g/mol. The minimum Gasteiger partial charge on any atom is -0.366 e. The van der Waals surface area contributed by atoms with Gasteiger partial charge in [0.2, 0.25) is 0 Å². The minimum atomic E-state index is 0.681. The number of nitrogens with one attached hydrogen (secondary N) is 1. The zero-order valence-corrected chi connectivity index (χ0v) is 8.78. The summed E-state index contributed by atoms with van der Waals surface area (Å²) >= 11 is 0. The Morgan fingerprint density at radius 3 is 2.50 bits per heavy atom. The van der Waals surface area contributed by atoms with E-state index in [0.717, 1.165) is 18.5 Å². The SMILES string of the molecule is C=C(CC(C)C)N/C=C(/C)CC. The fraction of sp³-hybridized carbons (Fsp3) is 0.636. The lowest BCUT2D eigenvalue weighted by atomic mass is 10.1. The quantitative estimate of drug-likeness (QED) is 0.661. The maximum atomic E-state index is 3.95. The average molecular weight is 167 g/mol. The summed E-state index contributed by atoms with van der Waals surface area (Å²) in [6.07, 6.45) is 4.19. The standard InChI is InChI=1S/C11H21N/c1-6-10(4)8-12-11(5)7-9(2)3/h8-9,12H,5-7H2,1-4H3/b10-8-. The topological polar surface area (TPSA) is 12.0 Å². The Morgan fingerprint density at radius 1 is 1.50 bits per heavy atom. The van der Waals surface area contributed by atoms with Crippen LogP contribution in [0.2, 0.25) is 0 Å². The van der Waals surface area contributed by atoms with E-state index in [1.165, 1.54) is 5.57 Å². The molecule has 0 bridgehead atoms. The summed E-state index contributed by atoms with van der Waals surface area (Å²) in [7, 11) is 0. The Kier molecular flexibility index (Phi) is 5.52. The van der Waals surface area contributed by atoms with E-state index in [2.05, 4.69) is 39.6 Å². The normalized spacial score (nSPS) is 11.9. The first-order valence-electron chi connectivity index (χ1n) is 4.66. The fourth-order valence-corrected chi connectivity index (χ4v) is 0.879. The van der Waals surface area contributed by atoms with Crippen molar-refractivity contribution in [3.63, 3.8) is 0 Å². The lowest BCUT2D eigenvalue weighted by Crippen LogP contribution is -2.06. The molecule has 12 heavy (non-hydrogen) atoms. The zero-order chi connectivity index (χ0) is 9.56. The predicted molar refractivity (Wildman–Crippen MR) is 55.8 cm³/mol. The summed E-state index contributed by atoms with van der Waals surface area (Å²) in [4.78, 5) is 0. The second-order valence-corrected chi connectivity index (χ2v) is 3.69. The maximum absolute atomic E-state index is 3.95. The van der Waals surface area contributed by atoms with Gasteiger partial charge in [-0.2, -0.15) is 0 Å². The van der Waals surface area contributed by atoms with Crippen molar-refractivity contribution in [2.45, 2.75) is 40.5 Å². The van der Waals surface area contributed by atoms with Crippen LogP contribution >= 0.6 is 0 Å². The molecule has 0 saturated carbocycles. The molecule has 0 radical (unpaired) electrons. The van der Waals surface area contributed by atoms with Gasteiger partial charge in [-0.25, -0.2) is 0 Å². The van der Waals surface area contributed by atoms with Crippen molar-refractivity contribution >= 4 is 0 Å². The number of hydrogen-bond donors (Lipinski definition) is 1. The second kappa shape index (κ2) is 5.87. The lowest BCUT2D eigenvalue weighted by Gasteiger charge is -2.08. The van der Waals surface area contributed by atoms with E-state index < -0.39 is 0 Å². The van der Waals surface area contributed by atoms with Crippen LogP contribution in [0.3, 0.4) is 0 Å². The Hall–Kier alpha value is -0.720. The van der Waals surface area contributed by atoms with Crippen molar-refractivity contribution in [2.75, 3.05) is 0 Å². The largest absolute Gasteiger partial charge is 0.366 e. The number of allylic oxidation sites excluding steroid dienone is 2. The van der Waals surface area contributed by atoms with E-state index in [-0.39, 0.29) is 0 Å². The van der Waals surface area contributed by atoms with Crippen LogP contribution in [0.5, 0.6) is 0 Å². The first-order valence-corrected chi connectivity index (χ1v) is 4.66. The van der Waals surface area contributed by atoms with Crippen molar-refractivity contribution in [3.8, 4) is 0 Å². The Morgan fingerprint density at radius 2 is 2.08 bits per heavy atom. The monoisotopic (exact) mass is 167 g/mol. The third-order valence-electron chi connectivity index (χ3n) is 1.74. The molecule has 1 nitrogen and oxygen atoms in total. The molecule has 70 valence electrons. The highest BCUT2D eigenvalue weighted by Gasteiger charge is 1.95. The maximum Gasteiger partial charge on any atom is 0.00759 e. The van der Waals surface area contributed by atoms with Crippen LogP contribution in [0.1, 0.15) is 40.5 Å². The average Bonchev–Trinajstić information content (AvgIpc) is 1.99. The van der Waals surface area contributed by atoms with Gasteiger partial charge in [0.1, 0.15) is 0 Å². The molecule has 0 aliphatic rings. The van der Waals surface area contributed by atoms with Gasteiger partial charge in [0.05, 0.1) is 0 Å². The van der Waals surface area contributed by atoms with Gasteiger partial charge in [-0.15, -0.1) is 0 Å². The van der Waals surface area contributed by atoms with Gasteiger partial charge in [0.25, 0.3) is 0 Å². The molecule has 0 aliphatic carbocycles. The number of hydrogen-bond acceptors (Lipinski definition) is 1. The first kappa shape index (κ1) is 11.3. The van der Waals surface area contributed by atoms with Crippen LogP contribution in [0.15, 0.2) is 24.0 Å². The van der Waals surface area contributed by atoms with Gasteiger partial charge in [0, 0.05) is 5.70 Å². The van der Waals surface area contributed by atoms with Gasteiger partial charge in [-0.3, -0.25) is 0 Å². The van der Waals surface area contributed by atoms with Crippen LogP contribution in [0.4, 0.5) is 0 Å². The van der Waals surface area contributed by atoms with Gasteiger partial charge in [0.15, 0.2) is 0 Å². The summed E-state index contributed by atoms with van der Waals surface area (Å²) in [5.74, 6) is 0.681. The molecule has 0 unspecified atom stereocenters. The Bertz CT molecular complexity index is 166. The van der Waals surface area contributed by atoms with Crippen molar-refractivity contribution in [1.82, 2.24) is 5.32 Å². The molecule has 1 N–H and O–H groups in total. The molecule has 0 spiro atoms. The Balaban J connectivity index is 3.71. The van der Waals surface area contributed by atoms with Crippen molar-refractivity contribution in [3.05, 3.63) is 24.0 Å². The van der Waals surface area contributed by atoms with Crippen molar-refractivity contribution in [2.24, 2.45) is 5.92 Å². The van der Waals surface area contributed by atoms with E-state index in [1.54, 1.807) is 0 Å². The lowest BCUT2D eigenvalue weighted by molar-refractivity contribution is 0.624. The van der Waals surface area contributed by atoms with Crippen LogP contribution in [0, 0.1) is 5.92 Å². The molecule has 0 atom stereocenters. The molecule has 0 aliphatic heterocycles. The fourth-order valence-electron chi connectivity index (χ4n) is 0.879. The summed E-state index contributed by atoms with van der Waals surface area (Å²) in [5.41, 5.74) is 2.47. The smallest absolute Gasteiger partial charge is 0.00759 e. The first-order chi connectivity index (χ1) is 5.56. The summed E-state index contributed by atoms with van der Waals surface area (Å²) < 4.78 is 0. The predicted octanol–water partition coefficient (Wildman–Crippen LogP) is 3.45. The molecule has 0 aromatic rings. The summed E-state index contributed by atoms with van der Waals surface area (Å²) in [6, 6.07) is 0. The molecular formula is C11H21N. The molecule has 0 saturated heterocycles. The number of rotatable bonds is 5. The van der Waals surface area contributed by atoms with Gasteiger partial charge >= 0.3 is 0 Å². The molecule has 1 heteroatoms. The second-order valence-electron chi connectivity index (χ2n) is 3.69. The van der Waals surface area contributed by atoms with Crippen LogP contribution in [-0.2, 0) is 0 Å². The highest BCUT2D eigenvalue weighted by Crippen LogP contribution is 2.06. The third kappa shape index (κ3) is 6.02. The van der Waals surface area contributed by atoms with E-state index in [4.69, 9.17) is 0 Å². The molecule has 0 aromatic heterocycles. The molecule has 0 aromatic carbocycles. The van der Waals surface area contributed by atoms with Gasteiger partial charge < -0.3 is 5.32 Å². The molecule has 0 rings (SSSR count). The Labute approximate surface area is 76.6 Å². The van der Waals surface area contributed by atoms with Gasteiger partial charge in [-0.1, -0.05) is 32.9 Å². The third-order valence-corrected chi connectivity index (χ3v) is 1.74. The van der Waals surface area contributed by atoms with E-state index in [0.29, 0.717) is 5.92 Å². The summed E-state index contributed by atoms with van der Waals surface area (Å²) in [6.45, 7) is 12.6. The molecule has 0 heterocycles. The van der Waals surface area contributed by atoms with Crippen molar-refractivity contribution in [1.29, 1.82) is 0 Å². The van der Waals surface area contributed by atoms with Crippen molar-refractivity contribution < 1.29 is 0 Å². The van der Waals surface area contributed by atoms with Crippen LogP contribution in [-0.4, -0.2) is 0 Å². The highest BCUT2D eigenvalue weighted by atomic mass is 14.8. The van der Waals surface area contributed by atoms with Crippen LogP contribution in [0.25, 0.3) is 0 Å². The van der Waals surface area contributed by atoms with Crippen LogP contribution < -0.4 is 5.32 Å². The van der Waals surface area contributed by atoms with E-state index in [1.807, 2.05) is 6.20 Å². The highest BCUT2D eigenvalue weighted by molar-refractivity contribution is 5.03. The van der Waals surface area contributed by atoms with Gasteiger partial charge in [-0.05, 0) is 31.9 Å². The molecule has 0 amide bonds. The minimum absolute atomic E-state index is 0.681. The summed E-state index contributed by atoms with van der Waals surface area (Å²) in [5, 5.41) is 3.21. The zero-order valence-electron chi connectivity index (χ0n) is 8.78.